The number of esters is 2. The molecular weight excluding hydrogens is 423 g/mol. The third-order valence-electron chi connectivity index (χ3n) is 4.31. The van der Waals surface area contributed by atoms with Gasteiger partial charge in [-0.3, -0.25) is 4.57 Å². The molecule has 2 heterocycles. The summed E-state index contributed by atoms with van der Waals surface area (Å²) in [6, 6.07) is 1.82. The van der Waals surface area contributed by atoms with Crippen LogP contribution in [0.4, 0.5) is 0 Å². The maximum absolute atomic E-state index is 12.3. The summed E-state index contributed by atoms with van der Waals surface area (Å²) in [6.07, 6.45) is -2.52. The SMILES string of the molecule is CC(C)C[C@H](N)C(=O)OC(=O)c1ccc[n+]([C@@H]2O[C@H](COP(=O)([O-])O)[C@@H](O)[C@H]2O)c1. The van der Waals surface area contributed by atoms with Crippen molar-refractivity contribution in [3.05, 3.63) is 30.1 Å². The van der Waals surface area contributed by atoms with Gasteiger partial charge in [-0.05, 0) is 18.4 Å². The quantitative estimate of drug-likeness (QED) is 0.151. The first kappa shape index (κ1) is 24.5. The highest BCUT2D eigenvalue weighted by atomic mass is 31.2. The minimum Gasteiger partial charge on any atom is -0.756 e. The molecule has 1 aromatic rings. The van der Waals surface area contributed by atoms with E-state index in [4.69, 9.17) is 20.1 Å². The van der Waals surface area contributed by atoms with Crippen LogP contribution in [0.2, 0.25) is 0 Å². The molecule has 168 valence electrons. The van der Waals surface area contributed by atoms with Crippen LogP contribution in [0.5, 0.6) is 0 Å². The van der Waals surface area contributed by atoms with Crippen molar-refractivity contribution in [2.45, 2.75) is 50.8 Å². The summed E-state index contributed by atoms with van der Waals surface area (Å²) >= 11 is 0. The highest BCUT2D eigenvalue weighted by Crippen LogP contribution is 2.33. The average molecular weight is 448 g/mol. The number of nitrogens with two attached hydrogens (primary N) is 1. The maximum atomic E-state index is 12.3. The van der Waals surface area contributed by atoms with Gasteiger partial charge in [0.15, 0.2) is 18.5 Å². The molecule has 0 bridgehead atoms. The lowest BCUT2D eigenvalue weighted by atomic mass is 10.1. The molecule has 0 saturated carbocycles. The van der Waals surface area contributed by atoms with Gasteiger partial charge in [-0.2, -0.15) is 4.57 Å². The van der Waals surface area contributed by atoms with Gasteiger partial charge in [0.05, 0.1) is 6.61 Å². The molecular formula is C17H25N2O10P. The predicted molar refractivity (Wildman–Crippen MR) is 96.2 cm³/mol. The molecule has 1 fully saturated rings. The van der Waals surface area contributed by atoms with E-state index in [1.165, 1.54) is 29.1 Å². The van der Waals surface area contributed by atoms with Gasteiger partial charge in [0, 0.05) is 6.07 Å². The van der Waals surface area contributed by atoms with Gasteiger partial charge in [0.25, 0.3) is 14.1 Å². The Balaban J connectivity index is 2.08. The number of aliphatic hydroxyl groups is 2. The van der Waals surface area contributed by atoms with Crippen LogP contribution < -0.4 is 15.2 Å². The molecule has 1 aliphatic heterocycles. The molecule has 5 N–H and O–H groups in total. The number of carbonyl (C=O) groups is 2. The highest BCUT2D eigenvalue weighted by molar-refractivity contribution is 7.44. The minimum absolute atomic E-state index is 0.0491. The molecule has 1 aliphatic rings. The van der Waals surface area contributed by atoms with Crippen LogP contribution in [0.1, 0.15) is 36.9 Å². The fourth-order valence-corrected chi connectivity index (χ4v) is 3.22. The number of ether oxygens (including phenoxy) is 2. The van der Waals surface area contributed by atoms with E-state index in [2.05, 4.69) is 4.52 Å². The van der Waals surface area contributed by atoms with Gasteiger partial charge in [-0.25, -0.2) is 9.59 Å². The van der Waals surface area contributed by atoms with Crippen LogP contribution in [0, 0.1) is 5.92 Å². The third kappa shape index (κ3) is 6.62. The zero-order chi connectivity index (χ0) is 22.6. The number of aromatic nitrogens is 1. The lowest BCUT2D eigenvalue weighted by Gasteiger charge is -2.19. The van der Waals surface area contributed by atoms with Crippen molar-refractivity contribution in [1.29, 1.82) is 0 Å². The van der Waals surface area contributed by atoms with E-state index in [9.17, 15) is 29.3 Å². The minimum atomic E-state index is -5.04. The smallest absolute Gasteiger partial charge is 0.351 e. The summed E-state index contributed by atoms with van der Waals surface area (Å²) in [7, 11) is -5.04. The van der Waals surface area contributed by atoms with Crippen LogP contribution in [0.25, 0.3) is 0 Å². The number of pyridine rings is 1. The first-order chi connectivity index (χ1) is 13.9. The molecule has 0 radical (unpaired) electrons. The monoisotopic (exact) mass is 448 g/mol. The number of hydrogen-bond donors (Lipinski definition) is 4. The van der Waals surface area contributed by atoms with E-state index in [1.54, 1.807) is 0 Å². The number of phosphoric acid groups is 1. The number of hydrogen-bond acceptors (Lipinski definition) is 10. The molecule has 0 spiro atoms. The molecule has 30 heavy (non-hydrogen) atoms. The third-order valence-corrected chi connectivity index (χ3v) is 4.79. The molecule has 1 unspecified atom stereocenters. The number of carbonyl (C=O) groups excluding carboxylic acids is 2. The van der Waals surface area contributed by atoms with Crippen LogP contribution >= 0.6 is 7.82 Å². The van der Waals surface area contributed by atoms with Gasteiger partial charge in [0.2, 0.25) is 0 Å². The van der Waals surface area contributed by atoms with Crippen molar-refractivity contribution >= 4 is 19.8 Å². The summed E-state index contributed by atoms with van der Waals surface area (Å²) in [4.78, 5) is 43.6. The van der Waals surface area contributed by atoms with Crippen LogP contribution in [0.15, 0.2) is 24.5 Å². The zero-order valence-corrected chi connectivity index (χ0v) is 17.3. The van der Waals surface area contributed by atoms with Gasteiger partial charge in [-0.15, -0.1) is 0 Å². The molecule has 1 aromatic heterocycles. The Morgan fingerprint density at radius 2 is 2.03 bits per heavy atom. The van der Waals surface area contributed by atoms with Crippen LogP contribution in [0.3, 0.4) is 0 Å². The zero-order valence-electron chi connectivity index (χ0n) is 16.4. The van der Waals surface area contributed by atoms with Gasteiger partial charge >= 0.3 is 11.9 Å². The lowest BCUT2D eigenvalue weighted by Crippen LogP contribution is -2.46. The molecule has 0 aromatic carbocycles. The van der Waals surface area contributed by atoms with E-state index < -0.39 is 56.9 Å². The van der Waals surface area contributed by atoms with Crippen molar-refractivity contribution in [2.75, 3.05) is 6.61 Å². The largest absolute Gasteiger partial charge is 0.756 e. The summed E-state index contributed by atoms with van der Waals surface area (Å²) in [5.41, 5.74) is 5.65. The van der Waals surface area contributed by atoms with Gasteiger partial charge in [0.1, 0.15) is 23.8 Å². The maximum Gasteiger partial charge on any atom is 0.351 e. The van der Waals surface area contributed by atoms with E-state index in [-0.39, 0.29) is 11.5 Å². The van der Waals surface area contributed by atoms with Crippen LogP contribution in [-0.2, 0) is 23.4 Å². The van der Waals surface area contributed by atoms with Crippen molar-refractivity contribution < 1.29 is 52.7 Å². The Morgan fingerprint density at radius 1 is 1.37 bits per heavy atom. The molecule has 0 amide bonds. The van der Waals surface area contributed by atoms with E-state index >= 15 is 0 Å². The second kappa shape index (κ2) is 10.0. The molecule has 2 rings (SSSR count). The Bertz CT molecular complexity index is 813. The molecule has 12 nitrogen and oxygen atoms in total. The van der Waals surface area contributed by atoms with Gasteiger partial charge < -0.3 is 39.7 Å². The summed E-state index contributed by atoms with van der Waals surface area (Å²) in [5.74, 6) is -1.71. The summed E-state index contributed by atoms with van der Waals surface area (Å²) < 4.78 is 26.3. The fraction of sp³-hybridized carbons (Fsp3) is 0.588. The molecule has 13 heteroatoms. The second-order valence-electron chi connectivity index (χ2n) is 7.30. The Morgan fingerprint density at radius 3 is 2.63 bits per heavy atom. The number of aliphatic hydroxyl groups excluding tert-OH is 2. The van der Waals surface area contributed by atoms with E-state index in [1.807, 2.05) is 13.8 Å². The Kier molecular flexibility index (Phi) is 8.20. The number of nitrogens with zero attached hydrogens (tertiary/aromatic N) is 1. The topological polar surface area (TPSA) is 193 Å². The van der Waals surface area contributed by atoms with Crippen molar-refractivity contribution in [2.24, 2.45) is 11.7 Å². The molecule has 6 atom stereocenters. The van der Waals surface area contributed by atoms with Gasteiger partial charge in [-0.1, -0.05) is 13.8 Å². The number of phosphoric ester groups is 1. The molecule has 0 aliphatic carbocycles. The normalized spacial score (nSPS) is 26.9. The van der Waals surface area contributed by atoms with Crippen molar-refractivity contribution in [1.82, 2.24) is 0 Å². The first-order valence-corrected chi connectivity index (χ1v) is 10.6. The van der Waals surface area contributed by atoms with E-state index in [0.29, 0.717) is 6.42 Å². The number of rotatable bonds is 8. The molecule has 1 saturated heterocycles. The average Bonchev–Trinajstić information content (AvgIpc) is 2.93. The first-order valence-electron chi connectivity index (χ1n) is 9.11. The summed E-state index contributed by atoms with van der Waals surface area (Å²) in [6.45, 7) is 3.01. The van der Waals surface area contributed by atoms with Crippen molar-refractivity contribution in [3.63, 3.8) is 0 Å². The van der Waals surface area contributed by atoms with Crippen molar-refractivity contribution in [3.8, 4) is 0 Å². The highest BCUT2D eigenvalue weighted by Gasteiger charge is 2.48. The van der Waals surface area contributed by atoms with E-state index in [0.717, 1.165) is 0 Å². The lowest BCUT2D eigenvalue weighted by molar-refractivity contribution is -0.765. The Labute approximate surface area is 172 Å². The van der Waals surface area contributed by atoms with Crippen LogP contribution in [-0.4, -0.2) is 58.0 Å². The Hall–Kier alpha value is -1.76. The predicted octanol–water partition coefficient (Wildman–Crippen LogP) is -1.87. The fourth-order valence-electron chi connectivity index (χ4n) is 2.88. The summed E-state index contributed by atoms with van der Waals surface area (Å²) in [5, 5.41) is 20.2. The standard InChI is InChI=1S/C17H25N2O10P/c1-9(2)6-11(18)17(23)29-16(22)10-4-3-5-19(7-10)15-14(21)13(20)12(28-15)8-27-30(24,25)26/h3-5,7,9,11-15,20-21H,6,8,18H2,1-2H3,(H-,24,25,26)/t11-,12+,13+,14+,15+/m0/s1. The second-order valence-corrected chi connectivity index (χ2v) is 8.49.